The minimum atomic E-state index is 0. The number of hydrogen-bond donors (Lipinski definition) is 1. The monoisotopic (exact) mass is 336 g/mol. The Bertz CT molecular complexity index is 392. The maximum atomic E-state index is 6.35. The normalized spacial score (nSPS) is 16.6. The molecule has 1 aliphatic rings. The van der Waals surface area contributed by atoms with Crippen LogP contribution < -0.4 is 5.32 Å². The van der Waals surface area contributed by atoms with Crippen molar-refractivity contribution < 1.29 is 0 Å². The number of piperazine rings is 1. The zero-order valence-corrected chi connectivity index (χ0v) is 13.9. The Morgan fingerprint density at radius 2 is 1.90 bits per heavy atom. The largest absolute Gasteiger partial charge is 0.314 e. The fourth-order valence-electron chi connectivity index (χ4n) is 2.55. The van der Waals surface area contributed by atoms with Crippen molar-refractivity contribution in [2.24, 2.45) is 0 Å². The van der Waals surface area contributed by atoms with Crippen molar-refractivity contribution in [2.75, 3.05) is 26.2 Å². The Kier molecular flexibility index (Phi) is 10.3. The van der Waals surface area contributed by atoms with Crippen molar-refractivity contribution in [1.29, 1.82) is 0 Å². The summed E-state index contributed by atoms with van der Waals surface area (Å²) in [4.78, 5) is 2.53. The number of nitrogens with one attached hydrogen (secondary N) is 1. The van der Waals surface area contributed by atoms with Gasteiger partial charge in [0.05, 0.1) is 0 Å². The van der Waals surface area contributed by atoms with Crippen LogP contribution in [0.15, 0.2) is 36.9 Å². The zero-order valence-electron chi connectivity index (χ0n) is 11.6. The fraction of sp³-hybridized carbons (Fsp3) is 0.467. The molecule has 1 atom stereocenters. The first kappa shape index (κ1) is 19.8. The molecule has 1 heterocycles. The molecule has 0 radical (unpaired) electrons. The molecule has 1 aromatic rings. The van der Waals surface area contributed by atoms with Crippen molar-refractivity contribution in [1.82, 2.24) is 10.2 Å². The zero-order chi connectivity index (χ0) is 12.8. The average molecular weight is 338 g/mol. The van der Waals surface area contributed by atoms with Crippen LogP contribution in [0.1, 0.15) is 24.4 Å². The molecule has 0 saturated carbocycles. The first-order valence-corrected chi connectivity index (χ1v) is 7.01. The van der Waals surface area contributed by atoms with Crippen LogP contribution in [-0.4, -0.2) is 31.1 Å². The van der Waals surface area contributed by atoms with Crippen molar-refractivity contribution in [3.8, 4) is 0 Å². The Balaban J connectivity index is 0.00000180. The van der Waals surface area contributed by atoms with Gasteiger partial charge in [-0.15, -0.1) is 31.4 Å². The summed E-state index contributed by atoms with van der Waals surface area (Å²) in [5.74, 6) is 0. The predicted octanol–water partition coefficient (Wildman–Crippen LogP) is 4.10. The third-order valence-electron chi connectivity index (χ3n) is 3.50. The Hall–Kier alpha value is -0.250. The molecule has 114 valence electrons. The summed E-state index contributed by atoms with van der Waals surface area (Å²) in [7, 11) is 0. The van der Waals surface area contributed by atoms with Gasteiger partial charge in [0, 0.05) is 37.2 Å². The highest BCUT2D eigenvalue weighted by atomic mass is 35.5. The third-order valence-corrected chi connectivity index (χ3v) is 3.85. The average Bonchev–Trinajstić information content (AvgIpc) is 2.42. The van der Waals surface area contributed by atoms with E-state index >= 15 is 0 Å². The van der Waals surface area contributed by atoms with Crippen LogP contribution in [0.4, 0.5) is 0 Å². The minimum absolute atomic E-state index is 0. The Morgan fingerprint density at radius 1 is 1.25 bits per heavy atom. The number of rotatable bonds is 5. The summed E-state index contributed by atoms with van der Waals surface area (Å²) in [6.07, 6.45) is 4.11. The second-order valence-corrected chi connectivity index (χ2v) is 5.10. The molecule has 5 heteroatoms. The second kappa shape index (κ2) is 10.5. The lowest BCUT2D eigenvalue weighted by Crippen LogP contribution is -2.45. The van der Waals surface area contributed by atoms with Crippen LogP contribution in [0, 0.1) is 0 Å². The standard InChI is InChI=1S/C15H21ClN2.2ClH/c1-2-3-8-15(18-11-9-17-10-12-18)13-6-4-5-7-14(13)16;;/h2,4-7,15,17H,1,3,8-12H2;2*1H/t15-;;/m1../s1. The van der Waals surface area contributed by atoms with E-state index in [0.717, 1.165) is 44.0 Å². The summed E-state index contributed by atoms with van der Waals surface area (Å²) < 4.78 is 0. The SMILES string of the molecule is C=CCC[C@H](c1ccccc1Cl)N1CCNCC1.Cl.Cl. The molecule has 0 amide bonds. The lowest BCUT2D eigenvalue weighted by atomic mass is 9.99. The van der Waals surface area contributed by atoms with E-state index in [-0.39, 0.29) is 24.8 Å². The third kappa shape index (κ3) is 5.27. The van der Waals surface area contributed by atoms with Gasteiger partial charge in [0.15, 0.2) is 0 Å². The molecule has 2 rings (SSSR count). The van der Waals surface area contributed by atoms with E-state index in [1.165, 1.54) is 5.56 Å². The molecule has 2 nitrogen and oxygen atoms in total. The molecule has 1 saturated heterocycles. The molecule has 1 aromatic carbocycles. The second-order valence-electron chi connectivity index (χ2n) is 4.69. The molecule has 0 aromatic heterocycles. The van der Waals surface area contributed by atoms with Crippen LogP contribution in [-0.2, 0) is 0 Å². The molecule has 1 fully saturated rings. The maximum Gasteiger partial charge on any atom is 0.0453 e. The van der Waals surface area contributed by atoms with E-state index in [2.05, 4.69) is 28.9 Å². The first-order chi connectivity index (χ1) is 8.83. The van der Waals surface area contributed by atoms with Gasteiger partial charge in [-0.25, -0.2) is 0 Å². The first-order valence-electron chi connectivity index (χ1n) is 6.63. The summed E-state index contributed by atoms with van der Waals surface area (Å²) in [5.41, 5.74) is 1.25. The van der Waals surface area contributed by atoms with Crippen molar-refractivity contribution in [2.45, 2.75) is 18.9 Å². The number of hydrogen-bond acceptors (Lipinski definition) is 2. The van der Waals surface area contributed by atoms with Crippen molar-refractivity contribution >= 4 is 36.4 Å². The van der Waals surface area contributed by atoms with Gasteiger partial charge in [0.25, 0.3) is 0 Å². The van der Waals surface area contributed by atoms with Crippen molar-refractivity contribution in [3.63, 3.8) is 0 Å². The summed E-state index contributed by atoms with van der Waals surface area (Å²) in [6, 6.07) is 8.62. The van der Waals surface area contributed by atoms with Crippen LogP contribution in [0.5, 0.6) is 0 Å². The molecule has 20 heavy (non-hydrogen) atoms. The maximum absolute atomic E-state index is 6.35. The van der Waals surface area contributed by atoms with Gasteiger partial charge in [0.2, 0.25) is 0 Å². The smallest absolute Gasteiger partial charge is 0.0453 e. The van der Waals surface area contributed by atoms with E-state index in [1.54, 1.807) is 0 Å². The minimum Gasteiger partial charge on any atom is -0.314 e. The van der Waals surface area contributed by atoms with E-state index in [0.29, 0.717) is 6.04 Å². The molecular formula is C15H23Cl3N2. The molecule has 1 aliphatic heterocycles. The van der Waals surface area contributed by atoms with Crippen LogP contribution in [0.25, 0.3) is 0 Å². The lowest BCUT2D eigenvalue weighted by Gasteiger charge is -2.35. The van der Waals surface area contributed by atoms with Crippen LogP contribution in [0.3, 0.4) is 0 Å². The highest BCUT2D eigenvalue weighted by Gasteiger charge is 2.22. The highest BCUT2D eigenvalue weighted by molar-refractivity contribution is 6.31. The van der Waals surface area contributed by atoms with E-state index in [9.17, 15) is 0 Å². The van der Waals surface area contributed by atoms with E-state index in [1.807, 2.05) is 18.2 Å². The summed E-state index contributed by atoms with van der Waals surface area (Å²) in [5, 5.41) is 4.28. The molecular weight excluding hydrogens is 315 g/mol. The molecule has 0 bridgehead atoms. The summed E-state index contributed by atoms with van der Waals surface area (Å²) >= 11 is 6.35. The molecule has 1 N–H and O–H groups in total. The quantitative estimate of drug-likeness (QED) is 0.814. The lowest BCUT2D eigenvalue weighted by molar-refractivity contribution is 0.166. The van der Waals surface area contributed by atoms with Gasteiger partial charge in [-0.1, -0.05) is 35.9 Å². The molecule has 0 aliphatic carbocycles. The predicted molar refractivity (Wildman–Crippen MR) is 92.6 cm³/mol. The fourth-order valence-corrected chi connectivity index (χ4v) is 2.81. The van der Waals surface area contributed by atoms with Gasteiger partial charge >= 0.3 is 0 Å². The Labute approximate surface area is 139 Å². The van der Waals surface area contributed by atoms with Crippen LogP contribution in [0.2, 0.25) is 5.02 Å². The van der Waals surface area contributed by atoms with E-state index < -0.39 is 0 Å². The summed E-state index contributed by atoms with van der Waals surface area (Å²) in [6.45, 7) is 8.14. The van der Waals surface area contributed by atoms with Crippen LogP contribution >= 0.6 is 36.4 Å². The van der Waals surface area contributed by atoms with Gasteiger partial charge in [-0.05, 0) is 24.5 Å². The van der Waals surface area contributed by atoms with Gasteiger partial charge in [-0.2, -0.15) is 0 Å². The Morgan fingerprint density at radius 3 is 2.50 bits per heavy atom. The van der Waals surface area contributed by atoms with Gasteiger partial charge in [0.1, 0.15) is 0 Å². The number of benzene rings is 1. The highest BCUT2D eigenvalue weighted by Crippen LogP contribution is 2.31. The molecule has 0 unspecified atom stereocenters. The number of halogens is 3. The van der Waals surface area contributed by atoms with Crippen molar-refractivity contribution in [3.05, 3.63) is 47.5 Å². The number of allylic oxidation sites excluding steroid dienone is 1. The van der Waals surface area contributed by atoms with Gasteiger partial charge in [-0.3, -0.25) is 4.90 Å². The van der Waals surface area contributed by atoms with E-state index in [4.69, 9.17) is 11.6 Å². The topological polar surface area (TPSA) is 15.3 Å². The molecule has 0 spiro atoms. The number of nitrogens with zero attached hydrogens (tertiary/aromatic N) is 1. The van der Waals surface area contributed by atoms with Gasteiger partial charge < -0.3 is 5.32 Å².